The van der Waals surface area contributed by atoms with Gasteiger partial charge in [0, 0.05) is 30.9 Å². The van der Waals surface area contributed by atoms with Crippen molar-refractivity contribution in [1.29, 1.82) is 5.26 Å². The van der Waals surface area contributed by atoms with Crippen LogP contribution in [0.3, 0.4) is 0 Å². The van der Waals surface area contributed by atoms with E-state index in [4.69, 9.17) is 5.26 Å². The van der Waals surface area contributed by atoms with Gasteiger partial charge >= 0.3 is 0 Å². The molecule has 2 rings (SSSR count). The first-order valence-corrected chi connectivity index (χ1v) is 11.6. The highest BCUT2D eigenvalue weighted by atomic mass is 19.1. The number of terminal acetylenes is 1. The van der Waals surface area contributed by atoms with Gasteiger partial charge in [0.15, 0.2) is 0 Å². The molecule has 3 nitrogen and oxygen atoms in total. The lowest BCUT2D eigenvalue weighted by molar-refractivity contribution is 0.248. The second-order valence-electron chi connectivity index (χ2n) is 8.35. The highest BCUT2D eigenvalue weighted by Crippen LogP contribution is 2.16. The third kappa shape index (κ3) is 12.1. The Bertz CT molecular complexity index is 933. The van der Waals surface area contributed by atoms with E-state index < -0.39 is 0 Å². The van der Waals surface area contributed by atoms with Crippen LogP contribution >= 0.6 is 0 Å². The van der Waals surface area contributed by atoms with E-state index in [0.717, 1.165) is 37.2 Å². The van der Waals surface area contributed by atoms with Crippen molar-refractivity contribution in [3.63, 3.8) is 0 Å². The minimum atomic E-state index is -0.331. The van der Waals surface area contributed by atoms with Crippen LogP contribution < -0.4 is 0 Å². The topological polar surface area (TPSA) is 30.3 Å². The predicted octanol–water partition coefficient (Wildman–Crippen LogP) is 6.35. The van der Waals surface area contributed by atoms with E-state index in [1.54, 1.807) is 6.08 Å². The molecule has 1 unspecified atom stereocenters. The molecule has 1 fully saturated rings. The molecule has 1 aromatic carbocycles. The van der Waals surface area contributed by atoms with Gasteiger partial charge in [-0.15, -0.1) is 12.8 Å². The van der Waals surface area contributed by atoms with Crippen molar-refractivity contribution in [3.05, 3.63) is 71.0 Å². The standard InChI is InChI=1S/C23H29N3.C5H9F.C2H2/c1-5-19(2)20(3)26-14-7-6-11-23(25(4)15-16-26)13-12-21-9-8-10-22(17-21)18-24;1-5(2)3-4-6;1-2/h5,8-10,17,23H,1,6-7,11,14-16H2,2-4H3;3H,4H2,1-2H3;1-2H/b20-19+;;. The van der Waals surface area contributed by atoms with Crippen LogP contribution in [0.15, 0.2) is 59.8 Å². The Morgan fingerprint density at radius 1 is 1.15 bits per heavy atom. The molecule has 0 radical (unpaired) electrons. The van der Waals surface area contributed by atoms with Gasteiger partial charge in [-0.2, -0.15) is 5.26 Å². The number of nitrogens with zero attached hydrogens (tertiary/aromatic N) is 3. The molecule has 1 aliphatic heterocycles. The van der Waals surface area contributed by atoms with Crippen LogP contribution in [0, 0.1) is 36.0 Å². The van der Waals surface area contributed by atoms with Crippen molar-refractivity contribution in [2.24, 2.45) is 0 Å². The maximum atomic E-state index is 11.2. The quantitative estimate of drug-likeness (QED) is 0.299. The Labute approximate surface area is 207 Å². The Balaban J connectivity index is 0.00000118. The summed E-state index contributed by atoms with van der Waals surface area (Å²) in [7, 11) is 2.16. The lowest BCUT2D eigenvalue weighted by Gasteiger charge is -2.29. The first-order chi connectivity index (χ1) is 16.3. The molecule has 1 saturated heterocycles. The molecule has 1 heterocycles. The number of benzene rings is 1. The number of hydrogen-bond acceptors (Lipinski definition) is 3. The summed E-state index contributed by atoms with van der Waals surface area (Å²) in [4.78, 5) is 4.83. The van der Waals surface area contributed by atoms with E-state index in [1.807, 2.05) is 44.2 Å². The van der Waals surface area contributed by atoms with Crippen LogP contribution in [0.25, 0.3) is 0 Å². The zero-order valence-corrected chi connectivity index (χ0v) is 21.6. The molecule has 0 N–H and O–H groups in total. The van der Waals surface area contributed by atoms with Gasteiger partial charge < -0.3 is 4.90 Å². The second kappa shape index (κ2) is 18.2. The monoisotopic (exact) mass is 461 g/mol. The largest absolute Gasteiger partial charge is 0.374 e. The Morgan fingerprint density at radius 2 is 1.82 bits per heavy atom. The van der Waals surface area contributed by atoms with Crippen molar-refractivity contribution >= 4 is 0 Å². The first-order valence-electron chi connectivity index (χ1n) is 11.6. The normalized spacial score (nSPS) is 16.6. The summed E-state index contributed by atoms with van der Waals surface area (Å²) in [6.45, 7) is 14.7. The summed E-state index contributed by atoms with van der Waals surface area (Å²) in [5.74, 6) is 6.70. The molecule has 0 spiro atoms. The molecule has 4 heteroatoms. The Morgan fingerprint density at radius 3 is 2.38 bits per heavy atom. The number of nitriles is 1. The number of likely N-dealkylation sites (N-methyl/N-ethyl adjacent to an activating group) is 1. The summed E-state index contributed by atoms with van der Waals surface area (Å²) < 4.78 is 11.2. The van der Waals surface area contributed by atoms with Crippen molar-refractivity contribution in [3.8, 4) is 30.8 Å². The van der Waals surface area contributed by atoms with Crippen molar-refractivity contribution < 1.29 is 4.39 Å². The fourth-order valence-electron chi connectivity index (χ4n) is 3.31. The van der Waals surface area contributed by atoms with Crippen LogP contribution in [0.2, 0.25) is 0 Å². The number of hydrogen-bond donors (Lipinski definition) is 0. The summed E-state index contributed by atoms with van der Waals surface area (Å²) in [6, 6.07) is 9.96. The maximum absolute atomic E-state index is 11.2. The zero-order valence-electron chi connectivity index (χ0n) is 21.6. The van der Waals surface area contributed by atoms with Crippen molar-refractivity contribution in [1.82, 2.24) is 9.80 Å². The van der Waals surface area contributed by atoms with Gasteiger partial charge in [-0.05, 0) is 77.8 Å². The van der Waals surface area contributed by atoms with E-state index in [-0.39, 0.29) is 12.7 Å². The van der Waals surface area contributed by atoms with E-state index in [2.05, 4.69) is 68.0 Å². The van der Waals surface area contributed by atoms with Gasteiger partial charge in [-0.3, -0.25) is 4.90 Å². The van der Waals surface area contributed by atoms with Crippen LogP contribution in [-0.4, -0.2) is 49.2 Å². The highest BCUT2D eigenvalue weighted by Gasteiger charge is 2.17. The molecular weight excluding hydrogens is 421 g/mol. The molecule has 0 bridgehead atoms. The van der Waals surface area contributed by atoms with E-state index in [0.29, 0.717) is 5.56 Å². The van der Waals surface area contributed by atoms with Gasteiger partial charge in [0.05, 0.1) is 17.7 Å². The molecule has 1 atom stereocenters. The molecule has 1 aromatic rings. The molecule has 0 aliphatic carbocycles. The van der Waals surface area contributed by atoms with E-state index in [9.17, 15) is 4.39 Å². The second-order valence-corrected chi connectivity index (χ2v) is 8.35. The number of allylic oxidation sites excluding steroid dienone is 5. The number of rotatable bonds is 3. The minimum Gasteiger partial charge on any atom is -0.374 e. The van der Waals surface area contributed by atoms with Crippen LogP contribution in [-0.2, 0) is 0 Å². The molecule has 182 valence electrons. The first kappa shape index (κ1) is 30.7. The van der Waals surface area contributed by atoms with Crippen molar-refractivity contribution in [2.45, 2.75) is 53.0 Å². The summed E-state index contributed by atoms with van der Waals surface area (Å²) in [5.41, 5.74) is 5.19. The Hall–Kier alpha value is -3.26. The fraction of sp³-hybridized carbons (Fsp3) is 0.433. The lowest BCUT2D eigenvalue weighted by Crippen LogP contribution is -2.36. The predicted molar refractivity (Wildman–Crippen MR) is 144 cm³/mol. The lowest BCUT2D eigenvalue weighted by atomic mass is 10.1. The highest BCUT2D eigenvalue weighted by molar-refractivity contribution is 5.42. The maximum Gasteiger partial charge on any atom is 0.108 e. The summed E-state index contributed by atoms with van der Waals surface area (Å²) in [5, 5.41) is 9.03. The summed E-state index contributed by atoms with van der Waals surface area (Å²) >= 11 is 0. The van der Waals surface area contributed by atoms with Gasteiger partial charge in [-0.25, -0.2) is 4.39 Å². The summed E-state index contributed by atoms with van der Waals surface area (Å²) in [6.07, 6.45) is 14.9. The number of halogens is 1. The third-order valence-electron chi connectivity index (χ3n) is 5.62. The van der Waals surface area contributed by atoms with E-state index in [1.165, 1.54) is 24.1 Å². The van der Waals surface area contributed by atoms with Crippen LogP contribution in [0.4, 0.5) is 4.39 Å². The van der Waals surface area contributed by atoms with Gasteiger partial charge in [-0.1, -0.05) is 42.2 Å². The number of alkyl halides is 1. The molecule has 1 aliphatic rings. The average molecular weight is 462 g/mol. The van der Waals surface area contributed by atoms with Gasteiger partial charge in [0.2, 0.25) is 0 Å². The Kier molecular flexibility index (Phi) is 16.5. The van der Waals surface area contributed by atoms with Crippen LogP contribution in [0.5, 0.6) is 0 Å². The zero-order chi connectivity index (χ0) is 25.9. The molecule has 0 aromatic heterocycles. The van der Waals surface area contributed by atoms with E-state index >= 15 is 0 Å². The molecular formula is C30H40FN3. The van der Waals surface area contributed by atoms with Gasteiger partial charge in [0.1, 0.15) is 6.67 Å². The third-order valence-corrected chi connectivity index (χ3v) is 5.62. The fourth-order valence-corrected chi connectivity index (χ4v) is 3.31. The van der Waals surface area contributed by atoms with Crippen LogP contribution in [0.1, 0.15) is 58.1 Å². The molecule has 34 heavy (non-hydrogen) atoms. The smallest absolute Gasteiger partial charge is 0.108 e. The molecule has 0 saturated carbocycles. The van der Waals surface area contributed by atoms with Crippen molar-refractivity contribution in [2.75, 3.05) is 33.4 Å². The minimum absolute atomic E-state index is 0.255. The SMILES string of the molecule is C#C.C=C/C(C)=C(\C)N1CCCCC(C#Cc2cccc(C#N)c2)N(C)CC1.CC(C)=CCF. The molecule has 0 amide bonds. The van der Waals surface area contributed by atoms with Gasteiger partial charge in [0.25, 0.3) is 0 Å². The average Bonchev–Trinajstić information content (AvgIpc) is 2.94.